The molecule has 1 N–H and O–H groups in total. The molecule has 2 aliphatic carbocycles. The van der Waals surface area contributed by atoms with Crippen LogP contribution in [0.5, 0.6) is 0 Å². The van der Waals surface area contributed by atoms with Crippen LogP contribution in [-0.2, 0) is 0 Å². The molecule has 4 aliphatic rings. The average Bonchev–Trinajstić information content (AvgIpc) is 2.70. The standard InChI is InChI=1S/C17H24N2/c1-10-14-6-13-8-17(3)9-18-5-4-12(13)7-15(14)19-16(10)11(17)2/h7,9-11,14,16,19H,4-6,8H2,1-3H3/b18-9-. The SMILES string of the molecule is CC1C2CC3=C4C=C2NC1C(C)C(C)(/C=N\CC4)C3. The van der Waals surface area contributed by atoms with Crippen molar-refractivity contribution in [3.63, 3.8) is 0 Å². The van der Waals surface area contributed by atoms with E-state index in [9.17, 15) is 0 Å². The zero-order valence-corrected chi connectivity index (χ0v) is 12.2. The molecule has 0 spiro atoms. The van der Waals surface area contributed by atoms with Gasteiger partial charge in [0, 0.05) is 35.8 Å². The summed E-state index contributed by atoms with van der Waals surface area (Å²) in [5.74, 6) is 2.16. The molecule has 2 fully saturated rings. The third-order valence-corrected chi connectivity index (χ3v) is 6.25. The minimum Gasteiger partial charge on any atom is -0.385 e. The van der Waals surface area contributed by atoms with Crippen molar-refractivity contribution in [1.82, 2.24) is 5.32 Å². The summed E-state index contributed by atoms with van der Waals surface area (Å²) in [5, 5.41) is 3.87. The van der Waals surface area contributed by atoms with Gasteiger partial charge in [-0.1, -0.05) is 26.3 Å². The van der Waals surface area contributed by atoms with Crippen LogP contribution < -0.4 is 5.32 Å². The fourth-order valence-corrected chi connectivity index (χ4v) is 4.76. The molecule has 1 saturated heterocycles. The van der Waals surface area contributed by atoms with E-state index in [0.717, 1.165) is 24.8 Å². The Hall–Kier alpha value is -1.05. The van der Waals surface area contributed by atoms with E-state index in [4.69, 9.17) is 4.99 Å². The first-order chi connectivity index (χ1) is 9.08. The monoisotopic (exact) mass is 256 g/mol. The van der Waals surface area contributed by atoms with Gasteiger partial charge in [-0.25, -0.2) is 0 Å². The number of hydrogen-bond acceptors (Lipinski definition) is 2. The Morgan fingerprint density at radius 1 is 1.37 bits per heavy atom. The first kappa shape index (κ1) is 11.7. The maximum atomic E-state index is 4.72. The van der Waals surface area contributed by atoms with Gasteiger partial charge in [0.2, 0.25) is 0 Å². The highest BCUT2D eigenvalue weighted by molar-refractivity contribution is 5.68. The lowest BCUT2D eigenvalue weighted by molar-refractivity contribution is 0.190. The quantitative estimate of drug-likeness (QED) is 0.706. The van der Waals surface area contributed by atoms with E-state index < -0.39 is 0 Å². The van der Waals surface area contributed by atoms with E-state index in [2.05, 4.69) is 38.4 Å². The van der Waals surface area contributed by atoms with Crippen molar-refractivity contribution in [2.45, 2.75) is 46.1 Å². The lowest BCUT2D eigenvalue weighted by Crippen LogP contribution is -2.44. The second-order valence-electron chi connectivity index (χ2n) is 7.32. The molecule has 2 nitrogen and oxygen atoms in total. The minimum atomic E-state index is 0.228. The summed E-state index contributed by atoms with van der Waals surface area (Å²) in [7, 11) is 0. The highest BCUT2D eigenvalue weighted by atomic mass is 15.0. The largest absolute Gasteiger partial charge is 0.385 e. The molecular weight excluding hydrogens is 232 g/mol. The van der Waals surface area contributed by atoms with E-state index in [0.29, 0.717) is 12.0 Å². The number of rotatable bonds is 0. The van der Waals surface area contributed by atoms with Crippen molar-refractivity contribution >= 4 is 6.21 Å². The third kappa shape index (κ3) is 1.52. The van der Waals surface area contributed by atoms with E-state index in [1.165, 1.54) is 18.5 Å². The van der Waals surface area contributed by atoms with Crippen LogP contribution in [0, 0.1) is 23.2 Å². The average molecular weight is 256 g/mol. The zero-order valence-electron chi connectivity index (χ0n) is 12.2. The molecule has 5 unspecified atom stereocenters. The lowest BCUT2D eigenvalue weighted by atomic mass is 9.63. The Kier molecular flexibility index (Phi) is 2.31. The molecular formula is C17H24N2. The molecule has 1 saturated carbocycles. The van der Waals surface area contributed by atoms with Gasteiger partial charge in [-0.3, -0.25) is 4.99 Å². The normalized spacial score (nSPS) is 49.1. The maximum Gasteiger partial charge on any atom is 0.0426 e. The summed E-state index contributed by atoms with van der Waals surface area (Å²) in [4.78, 5) is 4.72. The Morgan fingerprint density at radius 2 is 2.21 bits per heavy atom. The van der Waals surface area contributed by atoms with Crippen molar-refractivity contribution < 1.29 is 0 Å². The van der Waals surface area contributed by atoms with Gasteiger partial charge in [0.05, 0.1) is 0 Å². The van der Waals surface area contributed by atoms with Crippen molar-refractivity contribution in [1.29, 1.82) is 0 Å². The molecule has 0 aromatic heterocycles. The summed E-state index contributed by atoms with van der Waals surface area (Å²) in [6.45, 7) is 8.25. The molecule has 0 radical (unpaired) electrons. The van der Waals surface area contributed by atoms with E-state index in [1.54, 1.807) is 11.1 Å². The predicted octanol–water partition coefficient (Wildman–Crippen LogP) is 3.32. The fourth-order valence-electron chi connectivity index (χ4n) is 4.76. The molecule has 2 aliphatic heterocycles. The molecule has 2 heteroatoms. The summed E-state index contributed by atoms with van der Waals surface area (Å²) >= 11 is 0. The van der Waals surface area contributed by atoms with Crippen LogP contribution in [0.15, 0.2) is 27.9 Å². The van der Waals surface area contributed by atoms with Crippen LogP contribution in [0.2, 0.25) is 0 Å². The van der Waals surface area contributed by atoms with Crippen LogP contribution in [0.1, 0.15) is 40.0 Å². The Balaban J connectivity index is 1.91. The van der Waals surface area contributed by atoms with E-state index >= 15 is 0 Å². The first-order valence-electron chi connectivity index (χ1n) is 7.78. The molecule has 5 atom stereocenters. The number of allylic oxidation sites excluding steroid dienone is 3. The van der Waals surface area contributed by atoms with E-state index in [-0.39, 0.29) is 5.41 Å². The van der Waals surface area contributed by atoms with Gasteiger partial charge in [0.25, 0.3) is 0 Å². The lowest BCUT2D eigenvalue weighted by Gasteiger charge is -2.42. The van der Waals surface area contributed by atoms with Crippen LogP contribution in [0.3, 0.4) is 0 Å². The second-order valence-corrected chi connectivity index (χ2v) is 7.32. The van der Waals surface area contributed by atoms with Crippen LogP contribution in [0.25, 0.3) is 0 Å². The Labute approximate surface area is 116 Å². The Morgan fingerprint density at radius 3 is 3.05 bits per heavy atom. The van der Waals surface area contributed by atoms with E-state index in [1.807, 2.05) is 0 Å². The summed E-state index contributed by atoms with van der Waals surface area (Å²) in [5.41, 5.74) is 5.06. The minimum absolute atomic E-state index is 0.228. The van der Waals surface area contributed by atoms with Crippen molar-refractivity contribution in [3.8, 4) is 0 Å². The number of hydrogen-bond donors (Lipinski definition) is 1. The molecule has 0 amide bonds. The summed E-state index contributed by atoms with van der Waals surface area (Å²) < 4.78 is 0. The highest BCUT2D eigenvalue weighted by Crippen LogP contribution is 2.51. The van der Waals surface area contributed by atoms with Gasteiger partial charge >= 0.3 is 0 Å². The summed E-state index contributed by atoms with van der Waals surface area (Å²) in [6, 6.07) is 0.617. The van der Waals surface area contributed by atoms with Gasteiger partial charge in [-0.15, -0.1) is 0 Å². The number of nitrogens with zero attached hydrogens (tertiary/aromatic N) is 1. The zero-order chi connectivity index (χ0) is 13.2. The van der Waals surface area contributed by atoms with Crippen LogP contribution in [0.4, 0.5) is 0 Å². The van der Waals surface area contributed by atoms with Gasteiger partial charge in [-0.2, -0.15) is 0 Å². The topological polar surface area (TPSA) is 24.4 Å². The predicted molar refractivity (Wildman–Crippen MR) is 79.2 cm³/mol. The summed E-state index contributed by atoms with van der Waals surface area (Å²) in [6.07, 6.45) is 8.40. The smallest absolute Gasteiger partial charge is 0.0426 e. The highest BCUT2D eigenvalue weighted by Gasteiger charge is 2.49. The van der Waals surface area contributed by atoms with Crippen LogP contribution in [-0.4, -0.2) is 18.8 Å². The number of nitrogens with one attached hydrogen (secondary N) is 1. The first-order valence-corrected chi connectivity index (χ1v) is 7.78. The number of aliphatic imine (C=N–C) groups is 1. The van der Waals surface area contributed by atoms with Gasteiger partial charge < -0.3 is 5.32 Å². The molecule has 0 aromatic carbocycles. The Bertz CT molecular complexity index is 513. The molecule has 4 rings (SSSR count). The molecule has 4 bridgehead atoms. The van der Waals surface area contributed by atoms with Crippen molar-refractivity contribution in [2.24, 2.45) is 28.2 Å². The van der Waals surface area contributed by atoms with Gasteiger partial charge in [0.15, 0.2) is 0 Å². The van der Waals surface area contributed by atoms with Gasteiger partial charge in [0.1, 0.15) is 0 Å². The second kappa shape index (κ2) is 3.74. The molecule has 19 heavy (non-hydrogen) atoms. The van der Waals surface area contributed by atoms with Crippen molar-refractivity contribution in [2.75, 3.05) is 6.54 Å². The molecule has 2 heterocycles. The fraction of sp³-hybridized carbons (Fsp3) is 0.706. The molecule has 0 aromatic rings. The third-order valence-electron chi connectivity index (χ3n) is 6.25. The van der Waals surface area contributed by atoms with Crippen molar-refractivity contribution in [3.05, 3.63) is 22.9 Å². The maximum absolute atomic E-state index is 4.72. The molecule has 102 valence electrons. The number of fused-ring (bicyclic) bond motifs is 2. The van der Waals surface area contributed by atoms with Crippen LogP contribution >= 0.6 is 0 Å². The van der Waals surface area contributed by atoms with Gasteiger partial charge in [-0.05, 0) is 42.7 Å².